The van der Waals surface area contributed by atoms with E-state index in [9.17, 15) is 10.2 Å². The molecule has 0 saturated carbocycles. The maximum absolute atomic E-state index is 9.75. The van der Waals surface area contributed by atoms with Crippen molar-refractivity contribution in [3.63, 3.8) is 0 Å². The van der Waals surface area contributed by atoms with Crippen LogP contribution in [0.15, 0.2) is 46.4 Å². The molecule has 0 amide bonds. The summed E-state index contributed by atoms with van der Waals surface area (Å²) in [6.07, 6.45) is 3.16. The Balaban J connectivity index is 0.00000218. The van der Waals surface area contributed by atoms with Gasteiger partial charge in [0.1, 0.15) is 23.0 Å². The summed E-state index contributed by atoms with van der Waals surface area (Å²) in [5.74, 6) is 1.59. The minimum atomic E-state index is 0. The summed E-state index contributed by atoms with van der Waals surface area (Å²) in [5.41, 5.74) is 1.17. The largest absolute Gasteiger partial charge is 0.507 e. The summed E-state index contributed by atoms with van der Waals surface area (Å²) in [6, 6.07) is 9.88. The summed E-state index contributed by atoms with van der Waals surface area (Å²) in [4.78, 5) is 8.45. The molecular weight excluding hydrogens is 396 g/mol. The van der Waals surface area contributed by atoms with Crippen LogP contribution in [0.4, 0.5) is 0 Å². The third kappa shape index (κ3) is 8.15. The second kappa shape index (κ2) is 13.7. The van der Waals surface area contributed by atoms with Gasteiger partial charge >= 0.3 is 0 Å². The molecule has 0 atom stereocenters. The molecule has 2 aromatic carbocycles. The summed E-state index contributed by atoms with van der Waals surface area (Å²) in [7, 11) is 3.13. The molecule has 0 spiro atoms. The average molecular weight is 422 g/mol. The maximum Gasteiger partial charge on any atom is 0.124 e. The van der Waals surface area contributed by atoms with Crippen LogP contribution in [0.5, 0.6) is 23.0 Å². The van der Waals surface area contributed by atoms with Gasteiger partial charge in [0, 0.05) is 40.6 Å². The van der Waals surface area contributed by atoms with Gasteiger partial charge in [-0.05, 0) is 36.4 Å². The Morgan fingerprint density at radius 3 is 1.48 bits per heavy atom. The smallest absolute Gasteiger partial charge is 0.124 e. The van der Waals surface area contributed by atoms with E-state index in [2.05, 4.69) is 9.98 Å². The summed E-state index contributed by atoms with van der Waals surface area (Å²) in [5, 5.41) is 19.5. The molecule has 0 heterocycles. The number of nitrogens with zero attached hydrogens (tertiary/aromatic N) is 2. The fourth-order valence-electron chi connectivity index (χ4n) is 1.97. The van der Waals surface area contributed by atoms with Crippen LogP contribution in [-0.4, -0.2) is 50.0 Å². The van der Waals surface area contributed by atoms with E-state index in [0.717, 1.165) is 0 Å². The van der Waals surface area contributed by atoms with Gasteiger partial charge in [0.05, 0.1) is 27.3 Å². The third-order valence-electron chi connectivity index (χ3n) is 3.29. The molecule has 0 aliphatic carbocycles. The number of rotatable bonds is 7. The zero-order valence-electron chi connectivity index (χ0n) is 15.9. The second-order valence-corrected chi connectivity index (χ2v) is 4.92. The maximum atomic E-state index is 9.75. The van der Waals surface area contributed by atoms with Crippen molar-refractivity contribution in [3.8, 4) is 23.0 Å². The van der Waals surface area contributed by atoms with E-state index >= 15 is 0 Å². The second-order valence-electron chi connectivity index (χ2n) is 4.92. The van der Waals surface area contributed by atoms with E-state index in [4.69, 9.17) is 9.47 Å². The monoisotopic (exact) mass is 421 g/mol. The van der Waals surface area contributed by atoms with Crippen LogP contribution in [-0.2, 0) is 17.1 Å². The topological polar surface area (TPSA) is 83.6 Å². The summed E-state index contributed by atoms with van der Waals surface area (Å²) >= 11 is 0. The van der Waals surface area contributed by atoms with E-state index in [1.54, 1.807) is 63.0 Å². The Kier molecular flexibility index (Phi) is 12.4. The molecule has 0 bridgehead atoms. The van der Waals surface area contributed by atoms with Crippen LogP contribution in [0, 0.1) is 0 Å². The van der Waals surface area contributed by atoms with Gasteiger partial charge < -0.3 is 19.7 Å². The molecule has 2 rings (SSSR count). The number of methoxy groups -OCH3 is 2. The molecule has 0 fully saturated rings. The quantitative estimate of drug-likeness (QED) is 0.406. The van der Waals surface area contributed by atoms with Crippen LogP contribution in [0.2, 0.25) is 0 Å². The Morgan fingerprint density at radius 1 is 0.778 bits per heavy atom. The molecular formula is C20H26CuN2O4. The standard InChI is InChI=1S/C18H20N2O4.C2H6.Cu/c1-23-15-3-5-17(21)13(9-15)11-19-7-8-20-12-14-10-16(24-2)4-6-18(14)22;1-2;/h3-6,9-12,21-22H,7-8H2,1-2H3;1-2H3;. The first-order chi connectivity index (χ1) is 12.6. The molecule has 0 aliphatic rings. The number of phenolic OH excluding ortho intramolecular Hbond substituents is 2. The van der Waals surface area contributed by atoms with E-state index in [1.807, 2.05) is 13.8 Å². The van der Waals surface area contributed by atoms with Crippen molar-refractivity contribution in [1.82, 2.24) is 0 Å². The van der Waals surface area contributed by atoms with Gasteiger partial charge in [-0.1, -0.05) is 13.8 Å². The van der Waals surface area contributed by atoms with Gasteiger partial charge in [-0.2, -0.15) is 0 Å². The molecule has 0 saturated heterocycles. The predicted octanol–water partition coefficient (Wildman–Crippen LogP) is 3.68. The molecule has 151 valence electrons. The molecule has 27 heavy (non-hydrogen) atoms. The normalized spacial score (nSPS) is 10.2. The van der Waals surface area contributed by atoms with Gasteiger partial charge in [-0.15, -0.1) is 0 Å². The average Bonchev–Trinajstić information content (AvgIpc) is 2.68. The third-order valence-corrected chi connectivity index (χ3v) is 3.29. The van der Waals surface area contributed by atoms with Crippen molar-refractivity contribution in [2.45, 2.75) is 13.8 Å². The van der Waals surface area contributed by atoms with Crippen molar-refractivity contribution >= 4 is 12.4 Å². The molecule has 6 nitrogen and oxygen atoms in total. The van der Waals surface area contributed by atoms with Gasteiger partial charge in [-0.3, -0.25) is 9.98 Å². The van der Waals surface area contributed by atoms with Crippen molar-refractivity contribution in [2.24, 2.45) is 9.98 Å². The van der Waals surface area contributed by atoms with Crippen LogP contribution < -0.4 is 9.47 Å². The fraction of sp³-hybridized carbons (Fsp3) is 0.300. The van der Waals surface area contributed by atoms with Crippen LogP contribution in [0.25, 0.3) is 0 Å². The number of ether oxygens (including phenoxy) is 2. The van der Waals surface area contributed by atoms with E-state index in [0.29, 0.717) is 35.7 Å². The number of hydrogen-bond donors (Lipinski definition) is 2. The first-order valence-corrected chi connectivity index (χ1v) is 8.37. The molecule has 0 aromatic heterocycles. The number of benzene rings is 2. The van der Waals surface area contributed by atoms with E-state index in [-0.39, 0.29) is 28.6 Å². The molecule has 0 unspecified atom stereocenters. The Labute approximate surface area is 171 Å². The van der Waals surface area contributed by atoms with Crippen LogP contribution >= 0.6 is 0 Å². The van der Waals surface area contributed by atoms with Crippen LogP contribution in [0.3, 0.4) is 0 Å². The SMILES string of the molecule is CC.COc1ccc(O)c(C=NCCN=Cc2cc(OC)ccc2O)c1.[Cu]. The molecule has 1 radical (unpaired) electrons. The van der Waals surface area contributed by atoms with Crippen molar-refractivity contribution in [1.29, 1.82) is 0 Å². The predicted molar refractivity (Wildman–Crippen MR) is 106 cm³/mol. The van der Waals surface area contributed by atoms with E-state index < -0.39 is 0 Å². The number of phenols is 2. The fourth-order valence-corrected chi connectivity index (χ4v) is 1.97. The Bertz CT molecular complexity index is 685. The number of aliphatic imine (C=N–C) groups is 2. The van der Waals surface area contributed by atoms with Crippen molar-refractivity contribution in [3.05, 3.63) is 47.5 Å². The molecule has 2 aromatic rings. The summed E-state index contributed by atoms with van der Waals surface area (Å²) in [6.45, 7) is 4.91. The zero-order chi connectivity index (χ0) is 19.4. The van der Waals surface area contributed by atoms with Crippen LogP contribution in [0.1, 0.15) is 25.0 Å². The van der Waals surface area contributed by atoms with Gasteiger partial charge in [0.25, 0.3) is 0 Å². The minimum absolute atomic E-state index is 0. The zero-order valence-corrected chi connectivity index (χ0v) is 16.9. The Hall–Kier alpha value is -2.50. The number of hydrogen-bond acceptors (Lipinski definition) is 6. The number of aromatic hydroxyl groups is 2. The molecule has 0 aliphatic heterocycles. The van der Waals surface area contributed by atoms with Crippen molar-refractivity contribution < 1.29 is 36.8 Å². The van der Waals surface area contributed by atoms with E-state index in [1.165, 1.54) is 0 Å². The molecule has 7 heteroatoms. The first kappa shape index (κ1) is 24.5. The Morgan fingerprint density at radius 2 is 1.15 bits per heavy atom. The van der Waals surface area contributed by atoms with Gasteiger partial charge in [0.2, 0.25) is 0 Å². The van der Waals surface area contributed by atoms with Gasteiger partial charge in [0.15, 0.2) is 0 Å². The molecule has 2 N–H and O–H groups in total. The first-order valence-electron chi connectivity index (χ1n) is 8.37. The van der Waals surface area contributed by atoms with Gasteiger partial charge in [-0.25, -0.2) is 0 Å². The van der Waals surface area contributed by atoms with Crippen molar-refractivity contribution in [2.75, 3.05) is 27.3 Å². The minimum Gasteiger partial charge on any atom is -0.507 e. The summed E-state index contributed by atoms with van der Waals surface area (Å²) < 4.78 is 10.2.